The minimum atomic E-state index is -0.295. The minimum absolute atomic E-state index is 0.0825. The molecule has 0 fully saturated rings. The number of hydrogen-bond donors (Lipinski definition) is 6. The van der Waals surface area contributed by atoms with E-state index in [9.17, 15) is 10.2 Å². The summed E-state index contributed by atoms with van der Waals surface area (Å²) in [4.78, 5) is 0.165. The first-order chi connectivity index (χ1) is 14.1. The Morgan fingerprint density at radius 1 is 0.700 bits per heavy atom. The van der Waals surface area contributed by atoms with Crippen molar-refractivity contribution in [3.8, 4) is 35.1 Å². The minimum Gasteiger partial charge on any atom is -0.504 e. The quantitative estimate of drug-likeness (QED) is 0.179. The second-order valence-corrected chi connectivity index (χ2v) is 6.49. The van der Waals surface area contributed by atoms with Gasteiger partial charge in [-0.2, -0.15) is 10.5 Å². The zero-order valence-corrected chi connectivity index (χ0v) is 16.9. The van der Waals surface area contributed by atoms with Gasteiger partial charge in [0.05, 0.1) is 33.3 Å². The maximum absolute atomic E-state index is 9.23. The summed E-state index contributed by atoms with van der Waals surface area (Å²) < 4.78 is 0. The SMILES string of the molecule is N#CC(=CC(N)=S)c1ccc(O)c(O)c1.N#CC(=CC(N)=S)c1ccc(O)c(O)c1. The maximum Gasteiger partial charge on any atom is 0.158 e. The molecule has 0 radical (unpaired) electrons. The second-order valence-electron chi connectivity index (χ2n) is 5.55. The van der Waals surface area contributed by atoms with Gasteiger partial charge in [0, 0.05) is 0 Å². The highest BCUT2D eigenvalue weighted by Crippen LogP contribution is 2.28. The monoisotopic (exact) mass is 440 g/mol. The molecule has 0 aromatic heterocycles. The normalized spacial score (nSPS) is 10.7. The Hall–Kier alpha value is -4.12. The molecular weight excluding hydrogens is 424 g/mol. The van der Waals surface area contributed by atoms with Crippen LogP contribution in [0.25, 0.3) is 11.1 Å². The molecule has 0 aliphatic carbocycles. The van der Waals surface area contributed by atoms with E-state index < -0.39 is 0 Å². The first-order valence-corrected chi connectivity index (χ1v) is 8.77. The van der Waals surface area contributed by atoms with Crippen LogP contribution < -0.4 is 11.5 Å². The molecule has 30 heavy (non-hydrogen) atoms. The van der Waals surface area contributed by atoms with Crippen molar-refractivity contribution in [1.82, 2.24) is 0 Å². The fourth-order valence-electron chi connectivity index (χ4n) is 2.03. The second kappa shape index (κ2) is 11.0. The Labute approximate surface area is 182 Å². The predicted molar refractivity (Wildman–Crippen MR) is 120 cm³/mol. The number of benzene rings is 2. The van der Waals surface area contributed by atoms with Crippen LogP contribution in [0, 0.1) is 22.7 Å². The van der Waals surface area contributed by atoms with Crippen molar-refractivity contribution in [3.63, 3.8) is 0 Å². The molecule has 152 valence electrons. The van der Waals surface area contributed by atoms with Gasteiger partial charge in [-0.25, -0.2) is 0 Å². The number of rotatable bonds is 4. The number of thiocarbonyl (C=S) groups is 2. The number of phenolic OH excluding ortho intramolecular Hbond substituents is 4. The van der Waals surface area contributed by atoms with Crippen LogP contribution in [0.15, 0.2) is 48.6 Å². The van der Waals surface area contributed by atoms with E-state index in [4.69, 9.17) is 32.2 Å². The van der Waals surface area contributed by atoms with E-state index in [2.05, 4.69) is 24.4 Å². The first kappa shape index (κ1) is 23.9. The van der Waals surface area contributed by atoms with Crippen molar-refractivity contribution in [3.05, 3.63) is 59.7 Å². The highest BCUT2D eigenvalue weighted by molar-refractivity contribution is 7.80. The standard InChI is InChI=1S/2C10H8N2O2S/c2*11-5-7(4-10(12)15)6-1-2-8(13)9(14)3-6/h2*1-4,13-14H,(H2,12,15). The van der Waals surface area contributed by atoms with Crippen molar-refractivity contribution in [1.29, 1.82) is 10.5 Å². The van der Waals surface area contributed by atoms with Crippen molar-refractivity contribution in [2.75, 3.05) is 0 Å². The zero-order chi connectivity index (χ0) is 22.8. The molecule has 0 saturated heterocycles. The summed E-state index contributed by atoms with van der Waals surface area (Å²) in [5.41, 5.74) is 11.9. The smallest absolute Gasteiger partial charge is 0.158 e. The van der Waals surface area contributed by atoms with Gasteiger partial charge >= 0.3 is 0 Å². The lowest BCUT2D eigenvalue weighted by atomic mass is 10.1. The third kappa shape index (κ3) is 7.13. The van der Waals surface area contributed by atoms with Crippen molar-refractivity contribution >= 4 is 45.6 Å². The summed E-state index contributed by atoms with van der Waals surface area (Å²) in [6.07, 6.45) is 2.64. The van der Waals surface area contributed by atoms with E-state index in [0.29, 0.717) is 11.1 Å². The lowest BCUT2D eigenvalue weighted by molar-refractivity contribution is 0.403. The molecule has 0 heterocycles. The van der Waals surface area contributed by atoms with E-state index >= 15 is 0 Å². The summed E-state index contributed by atoms with van der Waals surface area (Å²) in [7, 11) is 0. The average molecular weight is 441 g/mol. The highest BCUT2D eigenvalue weighted by atomic mass is 32.1. The van der Waals surface area contributed by atoms with E-state index in [-0.39, 0.29) is 44.1 Å². The Morgan fingerprint density at radius 2 is 1.03 bits per heavy atom. The number of nitriles is 2. The molecule has 8 nitrogen and oxygen atoms in total. The summed E-state index contributed by atoms with van der Waals surface area (Å²) in [6, 6.07) is 11.9. The topological polar surface area (TPSA) is 181 Å². The Morgan fingerprint density at radius 3 is 1.27 bits per heavy atom. The van der Waals surface area contributed by atoms with Crippen LogP contribution >= 0.6 is 24.4 Å². The van der Waals surface area contributed by atoms with Crippen molar-refractivity contribution in [2.45, 2.75) is 0 Å². The van der Waals surface area contributed by atoms with Crippen LogP contribution in [-0.2, 0) is 0 Å². The fraction of sp³-hybridized carbons (Fsp3) is 0. The number of aromatic hydroxyl groups is 4. The number of allylic oxidation sites excluding steroid dienone is 2. The summed E-state index contributed by atoms with van der Waals surface area (Å²) in [5.74, 6) is -1.08. The van der Waals surface area contributed by atoms with Gasteiger partial charge in [0.1, 0.15) is 0 Å². The summed E-state index contributed by atoms with van der Waals surface area (Å²) >= 11 is 9.27. The van der Waals surface area contributed by atoms with Gasteiger partial charge in [-0.3, -0.25) is 0 Å². The Bertz CT molecular complexity index is 1040. The Balaban J connectivity index is 0.000000300. The fourth-order valence-corrected chi connectivity index (χ4v) is 2.26. The number of phenols is 4. The molecule has 2 rings (SSSR count). The molecule has 0 atom stereocenters. The van der Waals surface area contributed by atoms with E-state index in [1.807, 2.05) is 12.1 Å². The Kier molecular flexibility index (Phi) is 8.79. The third-order valence-corrected chi connectivity index (χ3v) is 3.62. The molecule has 10 heteroatoms. The van der Waals surface area contributed by atoms with Crippen molar-refractivity contribution in [2.24, 2.45) is 11.5 Å². The molecule has 0 unspecified atom stereocenters. The van der Waals surface area contributed by atoms with Crippen LogP contribution in [0.5, 0.6) is 23.0 Å². The van der Waals surface area contributed by atoms with Gasteiger partial charge in [0.25, 0.3) is 0 Å². The molecule has 2 aromatic carbocycles. The molecule has 2 aromatic rings. The zero-order valence-electron chi connectivity index (χ0n) is 15.3. The van der Waals surface area contributed by atoms with Gasteiger partial charge in [0.15, 0.2) is 23.0 Å². The van der Waals surface area contributed by atoms with Crippen molar-refractivity contribution < 1.29 is 20.4 Å². The van der Waals surface area contributed by atoms with E-state index in [1.54, 1.807) is 0 Å². The van der Waals surface area contributed by atoms with Crippen LogP contribution in [0.1, 0.15) is 11.1 Å². The van der Waals surface area contributed by atoms with E-state index in [0.717, 1.165) is 0 Å². The van der Waals surface area contributed by atoms with Crippen LogP contribution in [-0.4, -0.2) is 30.4 Å². The molecule has 0 bridgehead atoms. The van der Waals surface area contributed by atoms with Gasteiger partial charge in [-0.1, -0.05) is 24.4 Å². The number of nitrogens with two attached hydrogens (primary N) is 2. The lowest BCUT2D eigenvalue weighted by Gasteiger charge is -2.01. The molecular formula is C20H16N4O4S2. The first-order valence-electron chi connectivity index (χ1n) is 7.96. The molecule has 0 aliphatic heterocycles. The summed E-state index contributed by atoms with van der Waals surface area (Å²) in [6.45, 7) is 0. The van der Waals surface area contributed by atoms with Gasteiger partial charge in [0.2, 0.25) is 0 Å². The molecule has 0 aliphatic rings. The molecule has 0 saturated carbocycles. The number of nitrogens with zero attached hydrogens (tertiary/aromatic N) is 2. The average Bonchev–Trinajstić information content (AvgIpc) is 2.69. The number of hydrogen-bond acceptors (Lipinski definition) is 8. The van der Waals surface area contributed by atoms with Crippen LogP contribution in [0.3, 0.4) is 0 Å². The van der Waals surface area contributed by atoms with Gasteiger partial charge in [-0.05, 0) is 59.7 Å². The summed E-state index contributed by atoms with van der Waals surface area (Å²) in [5, 5.41) is 54.2. The predicted octanol–water partition coefficient (Wildman–Crippen LogP) is 2.58. The molecule has 8 N–H and O–H groups in total. The maximum atomic E-state index is 9.23. The van der Waals surface area contributed by atoms with Gasteiger partial charge < -0.3 is 31.9 Å². The van der Waals surface area contributed by atoms with Gasteiger partial charge in [-0.15, -0.1) is 0 Å². The molecule has 0 amide bonds. The molecule has 0 spiro atoms. The largest absolute Gasteiger partial charge is 0.504 e. The lowest BCUT2D eigenvalue weighted by Crippen LogP contribution is -2.03. The van der Waals surface area contributed by atoms with Crippen LogP contribution in [0.4, 0.5) is 0 Å². The van der Waals surface area contributed by atoms with E-state index in [1.165, 1.54) is 48.6 Å². The highest BCUT2D eigenvalue weighted by Gasteiger charge is 2.06. The van der Waals surface area contributed by atoms with Crippen LogP contribution in [0.2, 0.25) is 0 Å². The third-order valence-electron chi connectivity index (χ3n) is 3.39.